The maximum Gasteiger partial charge on any atom is 0.337 e. The number of aliphatic hydroxyl groups is 1. The highest BCUT2D eigenvalue weighted by Gasteiger charge is 2.43. The van der Waals surface area contributed by atoms with Gasteiger partial charge in [0.05, 0.1) is 17.8 Å². The van der Waals surface area contributed by atoms with Crippen LogP contribution in [0.1, 0.15) is 17.3 Å². The fourth-order valence-electron chi connectivity index (χ4n) is 1.87. The van der Waals surface area contributed by atoms with Crippen molar-refractivity contribution in [2.24, 2.45) is 0 Å². The molecule has 0 fully saturated rings. The number of aliphatic carboxylic acids is 1. The zero-order valence-corrected chi connectivity index (χ0v) is 10.2. The number of carboxylic acids is 1. The highest BCUT2D eigenvalue weighted by atomic mass is 19.1. The Labute approximate surface area is 111 Å². The molecule has 0 saturated carbocycles. The Kier molecular flexibility index (Phi) is 3.05. The zero-order valence-electron chi connectivity index (χ0n) is 10.2. The van der Waals surface area contributed by atoms with Crippen molar-refractivity contribution < 1.29 is 33.4 Å². The molecule has 20 heavy (non-hydrogen) atoms. The summed E-state index contributed by atoms with van der Waals surface area (Å²) in [6.45, 7) is 0.101. The van der Waals surface area contributed by atoms with Crippen molar-refractivity contribution in [3.63, 3.8) is 0 Å². The van der Waals surface area contributed by atoms with Gasteiger partial charge in [0, 0.05) is 6.07 Å². The van der Waals surface area contributed by atoms with Crippen molar-refractivity contribution in [1.29, 1.82) is 0 Å². The summed E-state index contributed by atoms with van der Waals surface area (Å²) in [4.78, 5) is 34.7. The van der Waals surface area contributed by atoms with E-state index in [-0.39, 0.29) is 5.69 Å². The number of carbonyl (C=O) groups is 3. The van der Waals surface area contributed by atoms with Crippen molar-refractivity contribution in [3.05, 3.63) is 29.3 Å². The lowest BCUT2D eigenvalue weighted by Gasteiger charge is -2.25. The number of benzene rings is 1. The molecule has 1 aromatic rings. The molecule has 1 atom stereocenters. The number of anilines is 1. The molecule has 0 spiro atoms. The first-order valence-corrected chi connectivity index (χ1v) is 5.46. The number of amides is 1. The third-order valence-corrected chi connectivity index (χ3v) is 2.92. The van der Waals surface area contributed by atoms with E-state index in [9.17, 15) is 28.3 Å². The van der Waals surface area contributed by atoms with E-state index in [1.54, 1.807) is 0 Å². The summed E-state index contributed by atoms with van der Waals surface area (Å²) in [5.41, 5.74) is -3.38. The summed E-state index contributed by atoms with van der Waals surface area (Å²) in [6, 6.07) is 1.18. The van der Waals surface area contributed by atoms with Crippen LogP contribution in [0.15, 0.2) is 12.1 Å². The predicted molar refractivity (Wildman–Crippen MR) is 61.3 cm³/mol. The van der Waals surface area contributed by atoms with E-state index in [0.29, 0.717) is 11.0 Å². The van der Waals surface area contributed by atoms with Crippen LogP contribution in [0.3, 0.4) is 0 Å². The van der Waals surface area contributed by atoms with Gasteiger partial charge in [-0.15, -0.1) is 0 Å². The molecule has 8 heteroatoms. The lowest BCUT2D eigenvalue weighted by Crippen LogP contribution is -2.48. The summed E-state index contributed by atoms with van der Waals surface area (Å²) in [5, 5.41) is 18.4. The monoisotopic (exact) mass is 285 g/mol. The minimum absolute atomic E-state index is 0.390. The van der Waals surface area contributed by atoms with E-state index < -0.39 is 47.0 Å². The summed E-state index contributed by atoms with van der Waals surface area (Å²) in [7, 11) is 0. The van der Waals surface area contributed by atoms with Crippen LogP contribution in [-0.2, 0) is 9.59 Å². The van der Waals surface area contributed by atoms with Crippen LogP contribution in [0.4, 0.5) is 14.5 Å². The van der Waals surface area contributed by atoms with Gasteiger partial charge in [-0.3, -0.25) is 9.59 Å². The smallest absolute Gasteiger partial charge is 0.337 e. The number of fused-ring (bicyclic) bond motifs is 1. The number of rotatable bonds is 3. The van der Waals surface area contributed by atoms with Crippen molar-refractivity contribution in [3.8, 4) is 0 Å². The first-order chi connectivity index (χ1) is 9.15. The van der Waals surface area contributed by atoms with Gasteiger partial charge >= 0.3 is 5.97 Å². The molecule has 1 aliphatic heterocycles. The fourth-order valence-corrected chi connectivity index (χ4v) is 1.87. The first-order valence-electron chi connectivity index (χ1n) is 5.46. The number of hydrogen-bond donors (Lipinski definition) is 2. The van der Waals surface area contributed by atoms with Gasteiger partial charge in [-0.05, 0) is 13.0 Å². The molecule has 1 unspecified atom stereocenters. The van der Waals surface area contributed by atoms with Gasteiger partial charge < -0.3 is 15.1 Å². The molecule has 1 aromatic carbocycles. The van der Waals surface area contributed by atoms with E-state index >= 15 is 0 Å². The Bertz CT molecular complexity index is 641. The lowest BCUT2D eigenvalue weighted by atomic mass is 10.1. The predicted octanol–water partition coefficient (Wildman–Crippen LogP) is 0.330. The Morgan fingerprint density at radius 1 is 1.35 bits per heavy atom. The van der Waals surface area contributed by atoms with Crippen molar-refractivity contribution in [2.45, 2.75) is 12.5 Å². The number of carbonyl (C=O) groups excluding carboxylic acids is 2. The Morgan fingerprint density at radius 2 is 1.95 bits per heavy atom. The van der Waals surface area contributed by atoms with Gasteiger partial charge in [-0.25, -0.2) is 13.6 Å². The normalized spacial score (nSPS) is 17.1. The minimum atomic E-state index is -2.36. The lowest BCUT2D eigenvalue weighted by molar-refractivity contribution is -0.155. The SMILES string of the molecule is CC(O)(CN1C(=O)C(=O)c2c(F)cc(F)cc21)C(=O)O. The molecule has 0 aromatic heterocycles. The molecule has 6 nitrogen and oxygen atoms in total. The Morgan fingerprint density at radius 3 is 2.50 bits per heavy atom. The molecule has 1 heterocycles. The summed E-state index contributed by atoms with van der Waals surface area (Å²) < 4.78 is 26.7. The zero-order chi connectivity index (χ0) is 15.2. The van der Waals surface area contributed by atoms with E-state index in [4.69, 9.17) is 5.11 Å². The molecule has 0 saturated heterocycles. The fraction of sp³-hybridized carbons (Fsp3) is 0.250. The highest BCUT2D eigenvalue weighted by molar-refractivity contribution is 6.52. The molecular weight excluding hydrogens is 276 g/mol. The average molecular weight is 285 g/mol. The number of nitrogens with zero attached hydrogens (tertiary/aromatic N) is 1. The summed E-state index contributed by atoms with van der Waals surface area (Å²) in [6.07, 6.45) is 0. The summed E-state index contributed by atoms with van der Waals surface area (Å²) >= 11 is 0. The van der Waals surface area contributed by atoms with Crippen LogP contribution in [0.25, 0.3) is 0 Å². The highest BCUT2D eigenvalue weighted by Crippen LogP contribution is 2.33. The van der Waals surface area contributed by atoms with Gasteiger partial charge in [0.25, 0.3) is 11.7 Å². The number of hydrogen-bond acceptors (Lipinski definition) is 4. The van der Waals surface area contributed by atoms with E-state index in [1.807, 2.05) is 0 Å². The van der Waals surface area contributed by atoms with Crippen LogP contribution < -0.4 is 4.90 Å². The molecular formula is C12H9F2NO5. The molecule has 2 rings (SSSR count). The standard InChI is InChI=1S/C12H9F2NO5/c1-12(20,11(18)19)4-15-7-3-5(13)2-6(14)8(7)9(16)10(15)17/h2-3,20H,4H2,1H3,(H,18,19). The van der Waals surface area contributed by atoms with Crippen LogP contribution in [-0.4, -0.2) is 40.0 Å². The van der Waals surface area contributed by atoms with Crippen molar-refractivity contribution >= 4 is 23.3 Å². The van der Waals surface area contributed by atoms with Crippen LogP contribution in [0.5, 0.6) is 0 Å². The Hall–Kier alpha value is -2.35. The first kappa shape index (κ1) is 14.1. The van der Waals surface area contributed by atoms with Crippen molar-refractivity contribution in [1.82, 2.24) is 0 Å². The summed E-state index contributed by atoms with van der Waals surface area (Å²) in [5.74, 6) is -6.30. The Balaban J connectivity index is 2.51. The van der Waals surface area contributed by atoms with Gasteiger partial charge in [0.15, 0.2) is 5.60 Å². The topological polar surface area (TPSA) is 94.9 Å². The number of halogens is 2. The number of carboxylic acid groups (broad SMARTS) is 1. The average Bonchev–Trinajstić information content (AvgIpc) is 2.54. The van der Waals surface area contributed by atoms with Gasteiger partial charge in [0.1, 0.15) is 11.6 Å². The van der Waals surface area contributed by atoms with Gasteiger partial charge in [-0.1, -0.05) is 0 Å². The van der Waals surface area contributed by atoms with Gasteiger partial charge in [0.2, 0.25) is 0 Å². The molecule has 0 radical (unpaired) electrons. The minimum Gasteiger partial charge on any atom is -0.479 e. The van der Waals surface area contributed by atoms with E-state index in [0.717, 1.165) is 13.0 Å². The quantitative estimate of drug-likeness (QED) is 0.780. The van der Waals surface area contributed by atoms with Crippen LogP contribution in [0, 0.1) is 11.6 Å². The maximum absolute atomic E-state index is 13.5. The molecule has 106 valence electrons. The maximum atomic E-state index is 13.5. The van der Waals surface area contributed by atoms with Crippen LogP contribution in [0.2, 0.25) is 0 Å². The molecule has 0 aliphatic carbocycles. The van der Waals surface area contributed by atoms with Gasteiger partial charge in [-0.2, -0.15) is 0 Å². The van der Waals surface area contributed by atoms with E-state index in [2.05, 4.69) is 0 Å². The second kappa shape index (κ2) is 4.34. The molecule has 1 aliphatic rings. The molecule has 2 N–H and O–H groups in total. The van der Waals surface area contributed by atoms with Crippen LogP contribution >= 0.6 is 0 Å². The number of β-amino-alcohol motifs (C(OH)–C–C–N with tert-alkyl or cyclic N) is 1. The molecule has 0 bridgehead atoms. The third-order valence-electron chi connectivity index (χ3n) is 2.92. The molecule has 1 amide bonds. The number of ketones is 1. The second-order valence-corrected chi connectivity index (χ2v) is 4.58. The van der Waals surface area contributed by atoms with Crippen molar-refractivity contribution in [2.75, 3.05) is 11.4 Å². The largest absolute Gasteiger partial charge is 0.479 e. The van der Waals surface area contributed by atoms with E-state index in [1.165, 1.54) is 0 Å². The third kappa shape index (κ3) is 2.03. The number of Topliss-reactive ketones (excluding diaryl/α,β-unsaturated/α-hetero) is 1. The second-order valence-electron chi connectivity index (χ2n) is 4.58.